The van der Waals surface area contributed by atoms with Crippen molar-refractivity contribution in [2.75, 3.05) is 14.1 Å². The zero-order valence-electron chi connectivity index (χ0n) is 12.5. The Kier molecular flexibility index (Phi) is 5.46. The van der Waals surface area contributed by atoms with Crippen LogP contribution in [-0.2, 0) is 0 Å². The van der Waals surface area contributed by atoms with E-state index < -0.39 is 0 Å². The lowest BCUT2D eigenvalue weighted by molar-refractivity contribution is 0.0481. The average Bonchev–Trinajstić information content (AvgIpc) is 2.27. The Labute approximate surface area is 108 Å². The minimum absolute atomic E-state index is 0.257. The summed E-state index contributed by atoms with van der Waals surface area (Å²) in [7, 11) is 4.43. The second kappa shape index (κ2) is 6.19. The van der Waals surface area contributed by atoms with Gasteiger partial charge in [0.15, 0.2) is 0 Å². The van der Waals surface area contributed by atoms with Crippen LogP contribution in [0, 0.1) is 11.8 Å². The maximum atomic E-state index is 6.63. The van der Waals surface area contributed by atoms with Crippen LogP contribution in [0.1, 0.15) is 59.3 Å². The van der Waals surface area contributed by atoms with Crippen molar-refractivity contribution in [3.8, 4) is 0 Å². The summed E-state index contributed by atoms with van der Waals surface area (Å²) in [5.41, 5.74) is 6.89. The number of hydrogen-bond donors (Lipinski definition) is 1. The lowest BCUT2D eigenvalue weighted by atomic mass is 9.70. The van der Waals surface area contributed by atoms with Crippen LogP contribution in [0.25, 0.3) is 0 Å². The van der Waals surface area contributed by atoms with E-state index in [-0.39, 0.29) is 5.54 Å². The molecule has 0 aliphatic heterocycles. The lowest BCUT2D eigenvalue weighted by Crippen LogP contribution is -2.60. The van der Waals surface area contributed by atoms with E-state index in [9.17, 15) is 0 Å². The van der Waals surface area contributed by atoms with Crippen molar-refractivity contribution in [1.82, 2.24) is 4.90 Å². The second-order valence-electron chi connectivity index (χ2n) is 6.69. The first-order chi connectivity index (χ1) is 7.90. The fourth-order valence-corrected chi connectivity index (χ4v) is 3.66. The molecule has 2 unspecified atom stereocenters. The summed E-state index contributed by atoms with van der Waals surface area (Å²) in [6.07, 6.45) is 7.89. The summed E-state index contributed by atoms with van der Waals surface area (Å²) in [5, 5.41) is 0. The van der Waals surface area contributed by atoms with Crippen LogP contribution in [0.2, 0.25) is 0 Å². The van der Waals surface area contributed by atoms with Gasteiger partial charge in [-0.3, -0.25) is 0 Å². The highest BCUT2D eigenvalue weighted by Gasteiger charge is 2.41. The molecule has 0 aromatic carbocycles. The van der Waals surface area contributed by atoms with Gasteiger partial charge < -0.3 is 10.6 Å². The van der Waals surface area contributed by atoms with E-state index in [2.05, 4.69) is 39.8 Å². The van der Waals surface area contributed by atoms with E-state index in [0.29, 0.717) is 12.0 Å². The Balaban J connectivity index is 2.75. The highest BCUT2D eigenvalue weighted by atomic mass is 15.2. The molecule has 0 amide bonds. The Hall–Kier alpha value is -0.0800. The molecule has 1 aliphatic rings. The third-order valence-corrected chi connectivity index (χ3v) is 4.69. The number of likely N-dealkylation sites (N-methyl/N-ethyl adjacent to an activating group) is 1. The van der Waals surface area contributed by atoms with Gasteiger partial charge in [0.05, 0.1) is 0 Å². The van der Waals surface area contributed by atoms with Gasteiger partial charge in [0, 0.05) is 11.6 Å². The zero-order valence-corrected chi connectivity index (χ0v) is 12.5. The molecule has 0 bridgehead atoms. The molecule has 2 nitrogen and oxygen atoms in total. The zero-order chi connectivity index (χ0) is 13.1. The van der Waals surface area contributed by atoms with E-state index in [1.54, 1.807) is 0 Å². The molecule has 102 valence electrons. The molecule has 0 saturated heterocycles. The number of rotatable bonds is 5. The Morgan fingerprint density at radius 1 is 1.06 bits per heavy atom. The summed E-state index contributed by atoms with van der Waals surface area (Å²) in [5.74, 6) is 1.37. The van der Waals surface area contributed by atoms with E-state index in [4.69, 9.17) is 5.73 Å². The fourth-order valence-electron chi connectivity index (χ4n) is 3.66. The third kappa shape index (κ3) is 3.45. The summed E-state index contributed by atoms with van der Waals surface area (Å²) in [6.45, 7) is 6.93. The van der Waals surface area contributed by atoms with Crippen molar-refractivity contribution in [3.63, 3.8) is 0 Å². The smallest absolute Gasteiger partial charge is 0.0356 e. The van der Waals surface area contributed by atoms with Gasteiger partial charge in [-0.25, -0.2) is 0 Å². The third-order valence-electron chi connectivity index (χ3n) is 4.69. The van der Waals surface area contributed by atoms with Gasteiger partial charge in [0.1, 0.15) is 0 Å². The highest BCUT2D eigenvalue weighted by molar-refractivity contribution is 5.01. The summed E-state index contributed by atoms with van der Waals surface area (Å²) >= 11 is 0. The van der Waals surface area contributed by atoms with E-state index in [1.165, 1.54) is 38.5 Å². The fraction of sp³-hybridized carbons (Fsp3) is 1.00. The molecule has 1 aliphatic carbocycles. The molecule has 0 aromatic heterocycles. The molecule has 1 saturated carbocycles. The largest absolute Gasteiger partial charge is 0.326 e. The van der Waals surface area contributed by atoms with Crippen LogP contribution in [-0.4, -0.2) is 30.6 Å². The van der Waals surface area contributed by atoms with Gasteiger partial charge in [-0.2, -0.15) is 0 Å². The van der Waals surface area contributed by atoms with Crippen LogP contribution >= 0.6 is 0 Å². The van der Waals surface area contributed by atoms with Gasteiger partial charge >= 0.3 is 0 Å². The van der Waals surface area contributed by atoms with Crippen molar-refractivity contribution in [2.24, 2.45) is 17.6 Å². The monoisotopic (exact) mass is 240 g/mol. The number of hydrogen-bond acceptors (Lipinski definition) is 2. The van der Waals surface area contributed by atoms with Crippen LogP contribution in [0.5, 0.6) is 0 Å². The van der Waals surface area contributed by atoms with Crippen LogP contribution < -0.4 is 5.73 Å². The highest BCUT2D eigenvalue weighted by Crippen LogP contribution is 2.37. The maximum absolute atomic E-state index is 6.63. The van der Waals surface area contributed by atoms with E-state index in [1.807, 2.05) is 0 Å². The summed E-state index contributed by atoms with van der Waals surface area (Å²) in [6, 6.07) is 0.320. The topological polar surface area (TPSA) is 29.3 Å². The van der Waals surface area contributed by atoms with Crippen LogP contribution in [0.15, 0.2) is 0 Å². The van der Waals surface area contributed by atoms with Crippen LogP contribution in [0.3, 0.4) is 0 Å². The lowest BCUT2D eigenvalue weighted by Gasteiger charge is -2.49. The first-order valence-corrected chi connectivity index (χ1v) is 7.33. The van der Waals surface area contributed by atoms with Gasteiger partial charge in [0.25, 0.3) is 0 Å². The van der Waals surface area contributed by atoms with Gasteiger partial charge in [-0.15, -0.1) is 0 Å². The first-order valence-electron chi connectivity index (χ1n) is 7.33. The minimum atomic E-state index is 0.257. The molecule has 1 rings (SSSR count). The molecule has 17 heavy (non-hydrogen) atoms. The predicted molar refractivity (Wildman–Crippen MR) is 76.1 cm³/mol. The Bertz CT molecular complexity index is 217. The summed E-state index contributed by atoms with van der Waals surface area (Å²) < 4.78 is 0. The van der Waals surface area contributed by atoms with Gasteiger partial charge in [-0.05, 0) is 45.2 Å². The molecule has 0 radical (unpaired) electrons. The number of nitrogens with zero attached hydrogens (tertiary/aromatic N) is 1. The Morgan fingerprint density at radius 2 is 1.59 bits per heavy atom. The SMILES string of the molecule is CC(C)CC(C)C(N)C1(N(C)C)CCCCC1. The predicted octanol–water partition coefficient (Wildman–Crippen LogP) is 3.26. The molecule has 1 fully saturated rings. The van der Waals surface area contributed by atoms with Crippen molar-refractivity contribution >= 4 is 0 Å². The number of nitrogens with two attached hydrogens (primary N) is 1. The van der Waals surface area contributed by atoms with Crippen molar-refractivity contribution in [1.29, 1.82) is 0 Å². The Morgan fingerprint density at radius 3 is 2.00 bits per heavy atom. The maximum Gasteiger partial charge on any atom is 0.0356 e. The quantitative estimate of drug-likeness (QED) is 0.799. The average molecular weight is 240 g/mol. The molecule has 2 atom stereocenters. The summed E-state index contributed by atoms with van der Waals surface area (Å²) in [4.78, 5) is 2.41. The second-order valence-corrected chi connectivity index (χ2v) is 6.69. The van der Waals surface area contributed by atoms with Crippen molar-refractivity contribution in [2.45, 2.75) is 70.9 Å². The van der Waals surface area contributed by atoms with E-state index in [0.717, 1.165) is 5.92 Å². The van der Waals surface area contributed by atoms with E-state index >= 15 is 0 Å². The molecule has 0 spiro atoms. The molecular formula is C15H32N2. The normalized spacial score (nSPS) is 24.0. The standard InChI is InChI=1S/C15H32N2/c1-12(2)11-13(3)14(16)15(17(4)5)9-7-6-8-10-15/h12-14H,6-11,16H2,1-5H3. The molecule has 2 heteroatoms. The molecular weight excluding hydrogens is 208 g/mol. The molecule has 2 N–H and O–H groups in total. The molecule has 0 heterocycles. The molecule has 0 aromatic rings. The first kappa shape index (κ1) is 15.0. The van der Waals surface area contributed by atoms with Crippen LogP contribution in [0.4, 0.5) is 0 Å². The van der Waals surface area contributed by atoms with Gasteiger partial charge in [0.2, 0.25) is 0 Å². The minimum Gasteiger partial charge on any atom is -0.326 e. The van der Waals surface area contributed by atoms with Crippen molar-refractivity contribution in [3.05, 3.63) is 0 Å². The van der Waals surface area contributed by atoms with Gasteiger partial charge in [-0.1, -0.05) is 40.0 Å². The van der Waals surface area contributed by atoms with Crippen molar-refractivity contribution < 1.29 is 0 Å².